The van der Waals surface area contributed by atoms with E-state index in [0.29, 0.717) is 72.8 Å². The lowest BCUT2D eigenvalue weighted by atomic mass is 10.0. The van der Waals surface area contributed by atoms with Gasteiger partial charge >= 0.3 is 0 Å². The molecule has 11 nitrogen and oxygen atoms in total. The van der Waals surface area contributed by atoms with Gasteiger partial charge in [-0.3, -0.25) is 14.2 Å². The first-order valence-electron chi connectivity index (χ1n) is 13.8. The van der Waals surface area contributed by atoms with Gasteiger partial charge in [0.05, 0.1) is 43.0 Å². The molecule has 0 atom stereocenters. The van der Waals surface area contributed by atoms with E-state index in [1.807, 2.05) is 0 Å². The summed E-state index contributed by atoms with van der Waals surface area (Å²) >= 11 is 13.4. The minimum Gasteiger partial charge on any atom is -0.495 e. The van der Waals surface area contributed by atoms with Gasteiger partial charge in [-0.25, -0.2) is 4.98 Å². The largest absolute Gasteiger partial charge is 0.495 e. The molecular weight excluding hydrogens is 583 g/mol. The number of benzene rings is 1. The Balaban J connectivity index is 1.50. The van der Waals surface area contributed by atoms with Gasteiger partial charge in [0.15, 0.2) is 0 Å². The third-order valence-corrected chi connectivity index (χ3v) is 8.44. The lowest BCUT2D eigenvalue weighted by Crippen LogP contribution is -2.45. The third kappa shape index (κ3) is 6.34. The standard InChI is InChI=1S/C29H34Cl2N6O5/c1-4-23(38)34-19-5-7-36(8-6-19)9-10-37-27-18(14-33-29(35-27)32-13-17-15-42-16-17)11-20(28(37)39)24-25(30)21(40-2)12-22(41-3)26(24)31/h4,11-12,14,17,19H,1,5-10,13,15-16H2,2-3H3,(H,34,38)(H,32,33,35). The van der Waals surface area contributed by atoms with Crippen LogP contribution in [0.2, 0.25) is 10.0 Å². The average molecular weight is 618 g/mol. The second kappa shape index (κ2) is 13.3. The van der Waals surface area contributed by atoms with E-state index in [1.165, 1.54) is 20.3 Å². The third-order valence-electron chi connectivity index (χ3n) is 7.69. The van der Waals surface area contributed by atoms with Crippen molar-refractivity contribution in [3.05, 3.63) is 51.4 Å². The summed E-state index contributed by atoms with van der Waals surface area (Å²) in [5.41, 5.74) is 0.811. The molecule has 1 amide bonds. The number of carbonyl (C=O) groups is 1. The molecule has 0 spiro atoms. The first-order valence-corrected chi connectivity index (χ1v) is 14.6. The van der Waals surface area contributed by atoms with Crippen molar-refractivity contribution in [3.8, 4) is 22.6 Å². The van der Waals surface area contributed by atoms with Gasteiger partial charge in [0.1, 0.15) is 17.1 Å². The first-order chi connectivity index (χ1) is 20.3. The predicted molar refractivity (Wildman–Crippen MR) is 163 cm³/mol. The Morgan fingerprint density at radius 2 is 1.83 bits per heavy atom. The number of hydrogen-bond donors (Lipinski definition) is 2. The summed E-state index contributed by atoms with van der Waals surface area (Å²) in [6.07, 6.45) is 4.60. The Labute approximate surface area is 253 Å². The summed E-state index contributed by atoms with van der Waals surface area (Å²) in [7, 11) is 2.97. The number of ether oxygens (including phenoxy) is 3. The van der Waals surface area contributed by atoms with Crippen molar-refractivity contribution in [1.82, 2.24) is 24.8 Å². The number of aromatic nitrogens is 3. The van der Waals surface area contributed by atoms with Crippen molar-refractivity contribution in [3.63, 3.8) is 0 Å². The molecule has 5 rings (SSSR count). The number of rotatable bonds is 11. The molecule has 2 fully saturated rings. The molecule has 2 saturated heterocycles. The second-order valence-electron chi connectivity index (χ2n) is 10.4. The van der Waals surface area contributed by atoms with Crippen molar-refractivity contribution in [2.75, 3.05) is 58.9 Å². The predicted octanol–water partition coefficient (Wildman–Crippen LogP) is 3.61. The van der Waals surface area contributed by atoms with Crippen LogP contribution >= 0.6 is 23.2 Å². The van der Waals surface area contributed by atoms with Gasteiger partial charge in [0.2, 0.25) is 11.9 Å². The van der Waals surface area contributed by atoms with Gasteiger partial charge in [-0.05, 0) is 25.0 Å². The number of carbonyl (C=O) groups excluding carboxylic acids is 1. The zero-order chi connectivity index (χ0) is 29.8. The molecule has 0 aliphatic carbocycles. The number of piperidine rings is 1. The molecule has 3 aromatic rings. The normalized spacial score (nSPS) is 16.2. The molecule has 0 unspecified atom stereocenters. The van der Waals surface area contributed by atoms with Crippen LogP contribution in [0, 0.1) is 5.92 Å². The highest BCUT2D eigenvalue weighted by Crippen LogP contribution is 2.45. The fraction of sp³-hybridized carbons (Fsp3) is 0.448. The summed E-state index contributed by atoms with van der Waals surface area (Å²) in [5.74, 6) is 1.35. The van der Waals surface area contributed by atoms with Crippen LogP contribution in [0.3, 0.4) is 0 Å². The quantitative estimate of drug-likeness (QED) is 0.311. The summed E-state index contributed by atoms with van der Waals surface area (Å²) < 4.78 is 17.8. The molecule has 2 aliphatic rings. The Bertz CT molecular complexity index is 1510. The van der Waals surface area contributed by atoms with Crippen LogP contribution in [0.15, 0.2) is 35.8 Å². The molecule has 0 saturated carbocycles. The highest BCUT2D eigenvalue weighted by atomic mass is 35.5. The summed E-state index contributed by atoms with van der Waals surface area (Å²) in [4.78, 5) is 37.4. The van der Waals surface area contributed by atoms with Gasteiger partial charge < -0.3 is 29.7 Å². The number of hydrogen-bond acceptors (Lipinski definition) is 9. The minimum atomic E-state index is -0.299. The number of pyridine rings is 1. The molecule has 0 radical (unpaired) electrons. The van der Waals surface area contributed by atoms with E-state index in [9.17, 15) is 9.59 Å². The van der Waals surface area contributed by atoms with Crippen LogP contribution in [0.1, 0.15) is 12.8 Å². The van der Waals surface area contributed by atoms with Crippen molar-refractivity contribution >= 4 is 46.1 Å². The smallest absolute Gasteiger partial charge is 0.260 e. The molecule has 13 heteroatoms. The Morgan fingerprint density at radius 1 is 1.14 bits per heavy atom. The number of fused-ring (bicyclic) bond motifs is 1. The maximum Gasteiger partial charge on any atom is 0.260 e. The number of halogens is 2. The van der Waals surface area contributed by atoms with E-state index in [0.717, 1.165) is 25.9 Å². The maximum absolute atomic E-state index is 14.2. The zero-order valence-corrected chi connectivity index (χ0v) is 25.1. The Hall–Kier alpha value is -3.38. The summed E-state index contributed by atoms with van der Waals surface area (Å²) in [6.45, 7) is 8.15. The van der Waals surface area contributed by atoms with Gasteiger partial charge in [0, 0.05) is 67.9 Å². The second-order valence-corrected chi connectivity index (χ2v) is 11.1. The van der Waals surface area contributed by atoms with Crippen molar-refractivity contribution < 1.29 is 19.0 Å². The fourth-order valence-electron chi connectivity index (χ4n) is 5.19. The van der Waals surface area contributed by atoms with E-state index in [1.54, 1.807) is 22.9 Å². The van der Waals surface area contributed by atoms with Gasteiger partial charge in [-0.15, -0.1) is 0 Å². The number of likely N-dealkylation sites (tertiary alicyclic amines) is 1. The number of amides is 1. The van der Waals surface area contributed by atoms with E-state index in [4.69, 9.17) is 42.4 Å². The monoisotopic (exact) mass is 616 g/mol. The van der Waals surface area contributed by atoms with Crippen molar-refractivity contribution in [2.45, 2.75) is 25.4 Å². The van der Waals surface area contributed by atoms with Crippen LogP contribution in [-0.4, -0.2) is 85.0 Å². The van der Waals surface area contributed by atoms with Crippen molar-refractivity contribution in [1.29, 1.82) is 0 Å². The number of anilines is 1. The molecule has 0 bridgehead atoms. The molecular formula is C29H34Cl2N6O5. The first kappa shape index (κ1) is 30.1. The van der Waals surface area contributed by atoms with E-state index in [2.05, 4.69) is 27.1 Å². The van der Waals surface area contributed by atoms with E-state index < -0.39 is 0 Å². The zero-order valence-electron chi connectivity index (χ0n) is 23.6. The van der Waals surface area contributed by atoms with Crippen molar-refractivity contribution in [2.24, 2.45) is 5.92 Å². The molecule has 2 aliphatic heterocycles. The van der Waals surface area contributed by atoms with Gasteiger partial charge in [0.25, 0.3) is 5.56 Å². The Morgan fingerprint density at radius 3 is 2.43 bits per heavy atom. The molecule has 4 heterocycles. The Kier molecular flexibility index (Phi) is 9.52. The van der Waals surface area contributed by atoms with Crippen LogP contribution in [0.25, 0.3) is 22.2 Å². The number of methoxy groups -OCH3 is 2. The SMILES string of the molecule is C=CC(=O)NC1CCN(CCn2c(=O)c(-c3c(Cl)c(OC)cc(OC)c3Cl)cc3cnc(NCC4COC4)nc32)CC1. The van der Waals surface area contributed by atoms with E-state index >= 15 is 0 Å². The van der Waals surface area contributed by atoms with Crippen LogP contribution < -0.4 is 25.7 Å². The average Bonchev–Trinajstić information content (AvgIpc) is 2.97. The van der Waals surface area contributed by atoms with Crippen LogP contribution in [0.4, 0.5) is 5.95 Å². The summed E-state index contributed by atoms with van der Waals surface area (Å²) in [5, 5.41) is 7.30. The molecule has 2 aromatic heterocycles. The molecule has 2 N–H and O–H groups in total. The van der Waals surface area contributed by atoms with E-state index in [-0.39, 0.29) is 33.1 Å². The number of nitrogens with one attached hydrogen (secondary N) is 2. The fourth-order valence-corrected chi connectivity index (χ4v) is 5.90. The van der Waals surface area contributed by atoms with Gasteiger partial charge in [-0.1, -0.05) is 29.8 Å². The highest BCUT2D eigenvalue weighted by molar-refractivity contribution is 6.41. The maximum atomic E-state index is 14.2. The van der Waals surface area contributed by atoms with Gasteiger partial charge in [-0.2, -0.15) is 4.98 Å². The number of nitrogens with zero attached hydrogens (tertiary/aromatic N) is 4. The van der Waals surface area contributed by atoms with Crippen LogP contribution in [-0.2, 0) is 16.1 Å². The lowest BCUT2D eigenvalue weighted by molar-refractivity contribution is -0.117. The summed E-state index contributed by atoms with van der Waals surface area (Å²) in [6, 6.07) is 3.40. The molecule has 1 aromatic carbocycles. The molecule has 224 valence electrons. The van der Waals surface area contributed by atoms with Crippen LogP contribution in [0.5, 0.6) is 11.5 Å². The highest BCUT2D eigenvalue weighted by Gasteiger charge is 2.25. The topological polar surface area (TPSA) is 120 Å². The minimum absolute atomic E-state index is 0.105. The lowest BCUT2D eigenvalue weighted by Gasteiger charge is -2.32. The molecule has 42 heavy (non-hydrogen) atoms.